The maximum Gasteiger partial charge on any atom is 0.258 e. The molecule has 0 saturated carbocycles. The van der Waals surface area contributed by atoms with Crippen LogP contribution in [0.2, 0.25) is 0 Å². The summed E-state index contributed by atoms with van der Waals surface area (Å²) in [6, 6.07) is 10.3. The maximum absolute atomic E-state index is 12.2. The summed E-state index contributed by atoms with van der Waals surface area (Å²) >= 11 is 0. The number of nitrogens with zero attached hydrogens (tertiary/aromatic N) is 3. The molecule has 1 atom stereocenters. The van der Waals surface area contributed by atoms with Crippen LogP contribution in [0.15, 0.2) is 42.7 Å². The third-order valence-electron chi connectivity index (χ3n) is 5.86. The summed E-state index contributed by atoms with van der Waals surface area (Å²) in [6.45, 7) is 6.47. The molecule has 2 N–H and O–H groups in total. The zero-order chi connectivity index (χ0) is 22.2. The highest BCUT2D eigenvalue weighted by Gasteiger charge is 2.19. The predicted molar refractivity (Wildman–Crippen MR) is 120 cm³/mol. The van der Waals surface area contributed by atoms with E-state index >= 15 is 0 Å². The van der Waals surface area contributed by atoms with Crippen molar-refractivity contribution in [3.63, 3.8) is 0 Å². The van der Waals surface area contributed by atoms with Crippen LogP contribution in [0.1, 0.15) is 16.7 Å². The Morgan fingerprint density at radius 1 is 1.16 bits per heavy atom. The van der Waals surface area contributed by atoms with Gasteiger partial charge in [-0.1, -0.05) is 24.3 Å². The summed E-state index contributed by atoms with van der Waals surface area (Å²) < 4.78 is 11.0. The fraction of sp³-hybridized carbons (Fsp3) is 0.500. The summed E-state index contributed by atoms with van der Waals surface area (Å²) in [5.41, 5.74) is 3.74. The molecule has 1 unspecified atom stereocenters. The number of morpholine rings is 1. The number of fused-ring (bicyclic) bond motifs is 1. The Kier molecular flexibility index (Phi) is 8.06. The largest absolute Gasteiger partial charge is 0.482 e. The van der Waals surface area contributed by atoms with Crippen molar-refractivity contribution in [1.82, 2.24) is 20.1 Å². The number of amides is 1. The van der Waals surface area contributed by atoms with Crippen LogP contribution >= 0.6 is 0 Å². The van der Waals surface area contributed by atoms with Crippen LogP contribution < -0.4 is 10.1 Å². The number of benzene rings is 1. The van der Waals surface area contributed by atoms with E-state index in [-0.39, 0.29) is 19.1 Å². The van der Waals surface area contributed by atoms with Crippen LogP contribution in [0.5, 0.6) is 5.75 Å². The molecule has 0 bridgehead atoms. The molecule has 3 heterocycles. The Hall–Kier alpha value is -2.52. The molecule has 0 spiro atoms. The van der Waals surface area contributed by atoms with Gasteiger partial charge < -0.3 is 19.9 Å². The van der Waals surface area contributed by atoms with E-state index in [4.69, 9.17) is 9.47 Å². The lowest BCUT2D eigenvalue weighted by atomic mass is 10.00. The zero-order valence-corrected chi connectivity index (χ0v) is 18.4. The number of rotatable bonds is 9. The molecule has 0 radical (unpaired) electrons. The fourth-order valence-corrected chi connectivity index (χ4v) is 4.15. The van der Waals surface area contributed by atoms with Crippen molar-refractivity contribution in [2.24, 2.45) is 0 Å². The molecule has 8 heteroatoms. The first-order valence-corrected chi connectivity index (χ1v) is 11.3. The number of carbonyl (C=O) groups is 1. The maximum atomic E-state index is 12.2. The minimum atomic E-state index is -0.622. The highest BCUT2D eigenvalue weighted by atomic mass is 16.5. The van der Waals surface area contributed by atoms with Gasteiger partial charge in [-0.2, -0.15) is 0 Å². The second-order valence-corrected chi connectivity index (χ2v) is 8.42. The van der Waals surface area contributed by atoms with Gasteiger partial charge in [-0.25, -0.2) is 0 Å². The molecule has 1 aromatic carbocycles. The topological polar surface area (TPSA) is 87.2 Å². The van der Waals surface area contributed by atoms with Crippen molar-refractivity contribution in [3.05, 3.63) is 59.4 Å². The molecule has 172 valence electrons. The van der Waals surface area contributed by atoms with Gasteiger partial charge in [0.2, 0.25) is 0 Å². The Balaban J connectivity index is 1.16. The Bertz CT molecular complexity index is 888. The average molecular weight is 441 g/mol. The van der Waals surface area contributed by atoms with Crippen LogP contribution in [-0.4, -0.2) is 84.4 Å². The summed E-state index contributed by atoms with van der Waals surface area (Å²) in [5, 5.41) is 13.1. The number of ether oxygens (including phenoxy) is 2. The molecular weight excluding hydrogens is 408 g/mol. The van der Waals surface area contributed by atoms with Crippen molar-refractivity contribution in [3.8, 4) is 5.75 Å². The van der Waals surface area contributed by atoms with Gasteiger partial charge >= 0.3 is 0 Å². The number of hydrogen-bond donors (Lipinski definition) is 2. The first kappa shape index (κ1) is 22.7. The van der Waals surface area contributed by atoms with Crippen LogP contribution in [0.3, 0.4) is 0 Å². The lowest BCUT2D eigenvalue weighted by molar-refractivity contribution is -0.123. The molecule has 2 aliphatic heterocycles. The SMILES string of the molecule is O=C(COc1cncc(CN2CCOCC2)c1)NCC(O)CN1CCc2ccccc2C1. The van der Waals surface area contributed by atoms with Gasteiger partial charge in [0.05, 0.1) is 25.5 Å². The van der Waals surface area contributed by atoms with Gasteiger partial charge in [0.1, 0.15) is 5.75 Å². The highest BCUT2D eigenvalue weighted by molar-refractivity contribution is 5.77. The molecular formula is C24H32N4O4. The quantitative estimate of drug-likeness (QED) is 0.597. The van der Waals surface area contributed by atoms with E-state index < -0.39 is 6.10 Å². The summed E-state index contributed by atoms with van der Waals surface area (Å²) in [7, 11) is 0. The number of carbonyl (C=O) groups excluding carboxylic acids is 1. The van der Waals surface area contributed by atoms with Gasteiger partial charge in [0.15, 0.2) is 6.61 Å². The van der Waals surface area contributed by atoms with Crippen molar-refractivity contribution >= 4 is 5.91 Å². The second kappa shape index (κ2) is 11.4. The monoisotopic (exact) mass is 440 g/mol. The van der Waals surface area contributed by atoms with E-state index in [1.54, 1.807) is 6.20 Å². The van der Waals surface area contributed by atoms with Gasteiger partial charge in [0.25, 0.3) is 5.91 Å². The molecule has 1 amide bonds. The Morgan fingerprint density at radius 2 is 1.97 bits per heavy atom. The third kappa shape index (κ3) is 6.74. The second-order valence-electron chi connectivity index (χ2n) is 8.42. The first-order chi connectivity index (χ1) is 15.7. The van der Waals surface area contributed by atoms with E-state index in [0.29, 0.717) is 12.3 Å². The molecule has 0 aliphatic carbocycles. The molecule has 1 saturated heterocycles. The number of nitrogens with one attached hydrogen (secondary N) is 1. The number of aliphatic hydroxyl groups excluding tert-OH is 1. The number of β-amino-alcohol motifs (C(OH)–C–C–N with tert-alkyl or cyclic N) is 1. The van der Waals surface area contributed by atoms with Gasteiger partial charge in [-0.3, -0.25) is 19.6 Å². The number of hydrogen-bond acceptors (Lipinski definition) is 7. The number of pyridine rings is 1. The van der Waals surface area contributed by atoms with Crippen LogP contribution in [-0.2, 0) is 29.0 Å². The summed E-state index contributed by atoms with van der Waals surface area (Å²) in [6.07, 6.45) is 3.79. The molecule has 1 aromatic heterocycles. The van der Waals surface area contributed by atoms with E-state index in [9.17, 15) is 9.90 Å². The standard InChI is InChI=1S/C24H32N4O4/c29-22(17-28-6-5-20-3-1-2-4-21(20)16-28)13-26-24(30)18-32-23-11-19(12-25-14-23)15-27-7-9-31-10-8-27/h1-4,11-12,14,22,29H,5-10,13,15-18H2,(H,26,30). The first-order valence-electron chi connectivity index (χ1n) is 11.3. The lowest BCUT2D eigenvalue weighted by Gasteiger charge is -2.30. The van der Waals surface area contributed by atoms with Gasteiger partial charge in [0, 0.05) is 52.0 Å². The zero-order valence-electron chi connectivity index (χ0n) is 18.4. The van der Waals surface area contributed by atoms with E-state index in [0.717, 1.165) is 57.9 Å². The molecule has 4 rings (SSSR count). The summed E-state index contributed by atoms with van der Waals surface area (Å²) in [4.78, 5) is 20.9. The van der Waals surface area contributed by atoms with Crippen LogP contribution in [0, 0.1) is 0 Å². The Morgan fingerprint density at radius 3 is 2.81 bits per heavy atom. The van der Waals surface area contributed by atoms with E-state index in [2.05, 4.69) is 38.3 Å². The Labute approximate surface area is 189 Å². The molecule has 2 aliphatic rings. The minimum absolute atomic E-state index is 0.105. The van der Waals surface area contributed by atoms with Gasteiger partial charge in [-0.15, -0.1) is 0 Å². The van der Waals surface area contributed by atoms with Crippen LogP contribution in [0.25, 0.3) is 0 Å². The smallest absolute Gasteiger partial charge is 0.258 e. The van der Waals surface area contributed by atoms with Crippen molar-refractivity contribution in [2.75, 3.05) is 52.5 Å². The molecule has 32 heavy (non-hydrogen) atoms. The van der Waals surface area contributed by atoms with E-state index in [1.807, 2.05) is 18.3 Å². The molecule has 8 nitrogen and oxygen atoms in total. The fourth-order valence-electron chi connectivity index (χ4n) is 4.15. The van der Waals surface area contributed by atoms with Crippen molar-refractivity contribution < 1.29 is 19.4 Å². The third-order valence-corrected chi connectivity index (χ3v) is 5.86. The van der Waals surface area contributed by atoms with Crippen molar-refractivity contribution in [1.29, 1.82) is 0 Å². The van der Waals surface area contributed by atoms with Crippen LogP contribution in [0.4, 0.5) is 0 Å². The molecule has 2 aromatic rings. The van der Waals surface area contributed by atoms with Gasteiger partial charge in [-0.05, 0) is 29.2 Å². The van der Waals surface area contributed by atoms with Crippen molar-refractivity contribution in [2.45, 2.75) is 25.6 Å². The number of aliphatic hydroxyl groups is 1. The summed E-state index contributed by atoms with van der Waals surface area (Å²) in [5.74, 6) is 0.310. The molecule has 1 fully saturated rings. The number of aromatic nitrogens is 1. The minimum Gasteiger partial charge on any atom is -0.482 e. The normalized spacial score (nSPS) is 18.0. The average Bonchev–Trinajstić information content (AvgIpc) is 2.82. The highest BCUT2D eigenvalue weighted by Crippen LogP contribution is 2.18. The predicted octanol–water partition coefficient (Wildman–Crippen LogP) is 0.828. The van der Waals surface area contributed by atoms with E-state index in [1.165, 1.54) is 11.1 Å². The lowest BCUT2D eigenvalue weighted by Crippen LogP contribution is -2.42.